The van der Waals surface area contributed by atoms with Crippen LogP contribution in [-0.2, 0) is 11.3 Å². The SMILES string of the molecule is O=C(NCC1(N2CCOCC2)CCCCC1)c1occc1COc1ccccc1. The Labute approximate surface area is 172 Å². The molecule has 29 heavy (non-hydrogen) atoms. The molecule has 1 aromatic heterocycles. The van der Waals surface area contributed by atoms with E-state index in [1.165, 1.54) is 19.3 Å². The zero-order valence-corrected chi connectivity index (χ0v) is 16.9. The molecule has 2 aliphatic rings. The smallest absolute Gasteiger partial charge is 0.287 e. The van der Waals surface area contributed by atoms with Crippen LogP contribution in [0.1, 0.15) is 48.2 Å². The summed E-state index contributed by atoms with van der Waals surface area (Å²) in [5, 5.41) is 3.16. The van der Waals surface area contributed by atoms with Gasteiger partial charge in [-0.05, 0) is 31.0 Å². The van der Waals surface area contributed by atoms with Crippen molar-refractivity contribution in [2.75, 3.05) is 32.8 Å². The summed E-state index contributed by atoms with van der Waals surface area (Å²) in [6, 6.07) is 11.4. The molecular formula is C23H30N2O4. The van der Waals surface area contributed by atoms with Crippen molar-refractivity contribution in [1.29, 1.82) is 0 Å². The fourth-order valence-corrected chi connectivity index (χ4v) is 4.50. The van der Waals surface area contributed by atoms with Gasteiger partial charge in [0.25, 0.3) is 5.91 Å². The molecule has 0 spiro atoms. The molecule has 1 aromatic carbocycles. The molecule has 0 unspecified atom stereocenters. The van der Waals surface area contributed by atoms with Crippen LogP contribution in [0.3, 0.4) is 0 Å². The molecule has 156 valence electrons. The maximum atomic E-state index is 12.9. The largest absolute Gasteiger partial charge is 0.489 e. The Hall–Kier alpha value is -2.31. The Morgan fingerprint density at radius 1 is 1.07 bits per heavy atom. The molecule has 4 rings (SSSR count). The van der Waals surface area contributed by atoms with Crippen LogP contribution in [0.15, 0.2) is 47.1 Å². The van der Waals surface area contributed by atoms with Crippen molar-refractivity contribution in [2.45, 2.75) is 44.2 Å². The van der Waals surface area contributed by atoms with Crippen molar-refractivity contribution in [3.05, 3.63) is 54.0 Å². The number of nitrogens with zero attached hydrogens (tertiary/aromatic N) is 1. The number of morpholine rings is 1. The standard InChI is InChI=1S/C23H30N2O4/c26-22(21-19(9-14-28-21)17-29-20-7-3-1-4-8-20)24-18-23(10-5-2-6-11-23)25-12-15-27-16-13-25/h1,3-4,7-9,14H,2,5-6,10-13,15-18H2,(H,24,26). The van der Waals surface area contributed by atoms with Crippen LogP contribution in [0.25, 0.3) is 0 Å². The van der Waals surface area contributed by atoms with E-state index in [9.17, 15) is 4.79 Å². The zero-order valence-electron chi connectivity index (χ0n) is 16.9. The van der Waals surface area contributed by atoms with Crippen molar-refractivity contribution in [3.8, 4) is 5.75 Å². The number of carbonyl (C=O) groups is 1. The number of nitrogens with one attached hydrogen (secondary N) is 1. The van der Waals surface area contributed by atoms with Gasteiger partial charge in [0.2, 0.25) is 0 Å². The van der Waals surface area contributed by atoms with Gasteiger partial charge < -0.3 is 19.2 Å². The first kappa shape index (κ1) is 20.0. The number of benzene rings is 1. The van der Waals surface area contributed by atoms with Crippen molar-refractivity contribution >= 4 is 5.91 Å². The molecule has 2 aromatic rings. The van der Waals surface area contributed by atoms with E-state index < -0.39 is 0 Å². The summed E-state index contributed by atoms with van der Waals surface area (Å²) < 4.78 is 16.8. The van der Waals surface area contributed by atoms with E-state index in [-0.39, 0.29) is 11.4 Å². The molecule has 0 radical (unpaired) electrons. The third-order valence-electron chi connectivity index (χ3n) is 6.13. The third kappa shape index (κ3) is 4.82. The average Bonchev–Trinajstić information content (AvgIpc) is 3.27. The number of hydrogen-bond donors (Lipinski definition) is 1. The van der Waals surface area contributed by atoms with Gasteiger partial charge in [-0.3, -0.25) is 9.69 Å². The normalized spacial score (nSPS) is 19.6. The monoisotopic (exact) mass is 398 g/mol. The van der Waals surface area contributed by atoms with Gasteiger partial charge in [-0.15, -0.1) is 0 Å². The average molecular weight is 399 g/mol. The quantitative estimate of drug-likeness (QED) is 0.772. The summed E-state index contributed by atoms with van der Waals surface area (Å²) >= 11 is 0. The molecular weight excluding hydrogens is 368 g/mol. The van der Waals surface area contributed by atoms with Gasteiger partial charge in [-0.25, -0.2) is 0 Å². The minimum atomic E-state index is -0.167. The maximum Gasteiger partial charge on any atom is 0.287 e. The summed E-state index contributed by atoms with van der Waals surface area (Å²) in [6.07, 6.45) is 7.50. The summed E-state index contributed by atoms with van der Waals surface area (Å²) in [4.78, 5) is 15.4. The summed E-state index contributed by atoms with van der Waals surface area (Å²) in [5.41, 5.74) is 0.792. The van der Waals surface area contributed by atoms with E-state index in [2.05, 4.69) is 10.2 Å². The molecule has 2 fully saturated rings. The van der Waals surface area contributed by atoms with Crippen molar-refractivity contribution in [1.82, 2.24) is 10.2 Å². The zero-order chi connectivity index (χ0) is 19.9. The lowest BCUT2D eigenvalue weighted by atomic mass is 9.79. The number of furan rings is 1. The first-order chi connectivity index (χ1) is 14.3. The molecule has 6 heteroatoms. The minimum Gasteiger partial charge on any atom is -0.489 e. The Bertz CT molecular complexity index is 777. The second kappa shape index (κ2) is 9.46. The molecule has 1 amide bonds. The highest BCUT2D eigenvalue weighted by Crippen LogP contribution is 2.34. The van der Waals surface area contributed by atoms with Gasteiger partial charge in [0.05, 0.1) is 19.5 Å². The maximum absolute atomic E-state index is 12.9. The fraction of sp³-hybridized carbons (Fsp3) is 0.522. The van der Waals surface area contributed by atoms with Crippen LogP contribution >= 0.6 is 0 Å². The van der Waals surface area contributed by atoms with E-state index in [0.717, 1.165) is 50.5 Å². The second-order valence-corrected chi connectivity index (χ2v) is 7.94. The highest BCUT2D eigenvalue weighted by molar-refractivity contribution is 5.92. The second-order valence-electron chi connectivity index (χ2n) is 7.94. The van der Waals surface area contributed by atoms with Crippen molar-refractivity contribution in [2.24, 2.45) is 0 Å². The van der Waals surface area contributed by atoms with E-state index in [1.54, 1.807) is 12.3 Å². The van der Waals surface area contributed by atoms with Gasteiger partial charge in [0.1, 0.15) is 12.4 Å². The molecule has 1 aliphatic carbocycles. The van der Waals surface area contributed by atoms with Gasteiger partial charge >= 0.3 is 0 Å². The van der Waals surface area contributed by atoms with Crippen LogP contribution < -0.4 is 10.1 Å². The Kier molecular flexibility index (Phi) is 6.52. The molecule has 1 N–H and O–H groups in total. The number of carbonyl (C=O) groups excluding carboxylic acids is 1. The Balaban J connectivity index is 1.39. The van der Waals surface area contributed by atoms with Crippen LogP contribution in [0.2, 0.25) is 0 Å². The van der Waals surface area contributed by atoms with Crippen LogP contribution in [0, 0.1) is 0 Å². The van der Waals surface area contributed by atoms with Gasteiger partial charge in [-0.1, -0.05) is 37.5 Å². The van der Waals surface area contributed by atoms with Crippen LogP contribution in [0.4, 0.5) is 0 Å². The number of ether oxygens (including phenoxy) is 2. The predicted octanol–water partition coefficient (Wildman–Crippen LogP) is 3.62. The third-order valence-corrected chi connectivity index (χ3v) is 6.13. The van der Waals surface area contributed by atoms with E-state index in [1.807, 2.05) is 30.3 Å². The van der Waals surface area contributed by atoms with E-state index >= 15 is 0 Å². The fourth-order valence-electron chi connectivity index (χ4n) is 4.50. The molecule has 6 nitrogen and oxygen atoms in total. The molecule has 1 saturated carbocycles. The number of amides is 1. The number of para-hydroxylation sites is 1. The Morgan fingerprint density at radius 3 is 2.59 bits per heavy atom. The van der Waals surface area contributed by atoms with E-state index in [4.69, 9.17) is 13.9 Å². The number of hydrogen-bond acceptors (Lipinski definition) is 5. The lowest BCUT2D eigenvalue weighted by Crippen LogP contribution is -2.59. The molecule has 1 aliphatic heterocycles. The highest BCUT2D eigenvalue weighted by atomic mass is 16.5. The topological polar surface area (TPSA) is 63.9 Å². The molecule has 1 saturated heterocycles. The predicted molar refractivity (Wildman–Crippen MR) is 110 cm³/mol. The molecule has 0 bridgehead atoms. The van der Waals surface area contributed by atoms with E-state index in [0.29, 0.717) is 18.9 Å². The minimum absolute atomic E-state index is 0.0327. The van der Waals surface area contributed by atoms with Gasteiger partial charge in [-0.2, -0.15) is 0 Å². The highest BCUT2D eigenvalue weighted by Gasteiger charge is 2.39. The van der Waals surface area contributed by atoms with Crippen LogP contribution in [-0.4, -0.2) is 49.2 Å². The van der Waals surface area contributed by atoms with Crippen molar-refractivity contribution < 1.29 is 18.7 Å². The van der Waals surface area contributed by atoms with Crippen LogP contribution in [0.5, 0.6) is 5.75 Å². The summed E-state index contributed by atoms with van der Waals surface area (Å²) in [5.74, 6) is 0.947. The van der Waals surface area contributed by atoms with Gasteiger partial charge in [0.15, 0.2) is 5.76 Å². The van der Waals surface area contributed by atoms with Crippen molar-refractivity contribution in [3.63, 3.8) is 0 Å². The lowest BCUT2D eigenvalue weighted by molar-refractivity contribution is -0.0362. The number of rotatable bonds is 7. The molecule has 0 atom stereocenters. The summed E-state index contributed by atoms with van der Waals surface area (Å²) in [6.45, 7) is 4.37. The van der Waals surface area contributed by atoms with Gasteiger partial charge in [0, 0.05) is 30.7 Å². The molecule has 2 heterocycles. The summed E-state index contributed by atoms with van der Waals surface area (Å²) in [7, 11) is 0. The Morgan fingerprint density at radius 2 is 1.83 bits per heavy atom. The lowest BCUT2D eigenvalue weighted by Gasteiger charge is -2.48. The first-order valence-electron chi connectivity index (χ1n) is 10.6. The first-order valence-corrected chi connectivity index (χ1v) is 10.6.